The van der Waals surface area contributed by atoms with Crippen molar-refractivity contribution < 1.29 is 23.2 Å². The summed E-state index contributed by atoms with van der Waals surface area (Å²) in [6, 6.07) is 6.99. The predicted molar refractivity (Wildman–Crippen MR) is 118 cm³/mol. The van der Waals surface area contributed by atoms with E-state index in [-0.39, 0.29) is 11.1 Å². The van der Waals surface area contributed by atoms with Gasteiger partial charge in [0.25, 0.3) is 10.1 Å². The largest absolute Gasteiger partial charge is 0.507 e. The van der Waals surface area contributed by atoms with Crippen LogP contribution >= 0.6 is 0 Å². The van der Waals surface area contributed by atoms with Crippen LogP contribution in [-0.2, 0) is 10.1 Å². The summed E-state index contributed by atoms with van der Waals surface area (Å²) >= 11 is 0. The molecule has 0 atom stereocenters. The van der Waals surface area contributed by atoms with Crippen LogP contribution in [0.3, 0.4) is 0 Å². The summed E-state index contributed by atoms with van der Waals surface area (Å²) in [5, 5.41) is 19.7. The van der Waals surface area contributed by atoms with Gasteiger partial charge in [-0.05, 0) is 38.9 Å². The van der Waals surface area contributed by atoms with E-state index in [9.17, 15) is 18.6 Å². The van der Waals surface area contributed by atoms with E-state index >= 15 is 0 Å². The molecule has 0 aliphatic carbocycles. The van der Waals surface area contributed by atoms with Crippen molar-refractivity contribution in [2.75, 3.05) is 19.6 Å². The predicted octanol–water partition coefficient (Wildman–Crippen LogP) is 5.19. The molecule has 0 saturated heterocycles. The highest BCUT2D eigenvalue weighted by Crippen LogP contribution is 2.37. The highest BCUT2D eigenvalue weighted by Gasteiger charge is 2.19. The number of aromatic hydroxyl groups is 2. The van der Waals surface area contributed by atoms with Crippen molar-refractivity contribution in [3.05, 3.63) is 30.3 Å². The Morgan fingerprint density at radius 2 is 1.28 bits per heavy atom. The number of unbranched alkanes of at least 4 members (excludes halogenated alkanes) is 3. The molecule has 0 heterocycles. The summed E-state index contributed by atoms with van der Waals surface area (Å²) in [7, 11) is -4.56. The van der Waals surface area contributed by atoms with Crippen LogP contribution in [0, 0.1) is 0 Å². The van der Waals surface area contributed by atoms with Gasteiger partial charge >= 0.3 is 0 Å². The van der Waals surface area contributed by atoms with E-state index in [1.54, 1.807) is 12.1 Å². The molecule has 2 rings (SSSR count). The minimum absolute atomic E-state index is 0.162. The zero-order valence-electron chi connectivity index (χ0n) is 17.8. The molecule has 6 nitrogen and oxygen atoms in total. The Balaban J connectivity index is 0.000000298. The number of hydrogen-bond acceptors (Lipinski definition) is 5. The molecule has 0 aliphatic rings. The molecule has 164 valence electrons. The van der Waals surface area contributed by atoms with Crippen molar-refractivity contribution in [1.29, 1.82) is 0 Å². The van der Waals surface area contributed by atoms with E-state index in [1.165, 1.54) is 70.3 Å². The maximum atomic E-state index is 10.9. The topological polar surface area (TPSA) is 98.1 Å². The van der Waals surface area contributed by atoms with Gasteiger partial charge in [-0.1, -0.05) is 64.3 Å². The number of fused-ring (bicyclic) bond motifs is 1. The molecule has 0 aromatic heterocycles. The van der Waals surface area contributed by atoms with Crippen LogP contribution < -0.4 is 0 Å². The van der Waals surface area contributed by atoms with Crippen molar-refractivity contribution >= 4 is 20.9 Å². The number of phenols is 2. The molecule has 7 heteroatoms. The highest BCUT2D eigenvalue weighted by molar-refractivity contribution is 7.86. The summed E-state index contributed by atoms with van der Waals surface area (Å²) in [6.45, 7) is 10.8. The van der Waals surface area contributed by atoms with E-state index in [0.717, 1.165) is 6.07 Å². The van der Waals surface area contributed by atoms with E-state index in [4.69, 9.17) is 4.55 Å². The number of rotatable bonds is 10. The molecule has 29 heavy (non-hydrogen) atoms. The zero-order chi connectivity index (χ0) is 21.9. The smallest absolute Gasteiger partial charge is 0.298 e. The van der Waals surface area contributed by atoms with Gasteiger partial charge in [-0.3, -0.25) is 4.55 Å². The lowest BCUT2D eigenvalue weighted by Gasteiger charge is -2.21. The number of benzene rings is 2. The van der Waals surface area contributed by atoms with E-state index < -0.39 is 20.8 Å². The maximum Gasteiger partial charge on any atom is 0.298 e. The van der Waals surface area contributed by atoms with Crippen molar-refractivity contribution in [2.45, 2.75) is 64.2 Å². The molecule has 2 aromatic rings. The molecule has 0 unspecified atom stereocenters. The van der Waals surface area contributed by atoms with Crippen molar-refractivity contribution in [1.82, 2.24) is 4.90 Å². The number of hydrogen-bond donors (Lipinski definition) is 3. The van der Waals surface area contributed by atoms with Crippen LogP contribution in [0.1, 0.15) is 59.3 Å². The first-order chi connectivity index (χ1) is 13.8. The first-order valence-corrected chi connectivity index (χ1v) is 11.8. The quantitative estimate of drug-likeness (QED) is 0.358. The summed E-state index contributed by atoms with van der Waals surface area (Å²) in [4.78, 5) is 1.93. The average Bonchev–Trinajstić information content (AvgIpc) is 2.70. The summed E-state index contributed by atoms with van der Waals surface area (Å²) in [5.74, 6) is -0.892. The van der Waals surface area contributed by atoms with Crippen molar-refractivity contribution in [2.24, 2.45) is 0 Å². The molecule has 0 fully saturated rings. The van der Waals surface area contributed by atoms with Gasteiger partial charge in [0.15, 0.2) is 0 Å². The SMILES string of the molecule is CCCCN(CCCC)CCCC.O=S(=O)(O)c1cc(O)c2ccccc2c1O. The molecule has 0 radical (unpaired) electrons. The third-order valence-corrected chi connectivity index (χ3v) is 5.59. The highest BCUT2D eigenvalue weighted by atomic mass is 32.2. The molecule has 0 aliphatic heterocycles. The van der Waals surface area contributed by atoms with Crippen LogP contribution in [0.15, 0.2) is 35.2 Å². The second-order valence-corrected chi connectivity index (χ2v) is 8.56. The third-order valence-electron chi connectivity index (χ3n) is 4.72. The van der Waals surface area contributed by atoms with Gasteiger partial charge in [0.1, 0.15) is 16.4 Å². The van der Waals surface area contributed by atoms with Crippen LogP contribution in [0.4, 0.5) is 0 Å². The molecule has 3 N–H and O–H groups in total. The molecule has 0 spiro atoms. The minimum Gasteiger partial charge on any atom is -0.507 e. The van der Waals surface area contributed by atoms with E-state index in [1.807, 2.05) is 0 Å². The first kappa shape index (κ1) is 25.2. The van der Waals surface area contributed by atoms with Crippen molar-refractivity contribution in [3.63, 3.8) is 0 Å². The molecule has 2 aromatic carbocycles. The van der Waals surface area contributed by atoms with Gasteiger partial charge in [0.2, 0.25) is 0 Å². The maximum absolute atomic E-state index is 10.9. The van der Waals surface area contributed by atoms with Gasteiger partial charge in [0.05, 0.1) is 0 Å². The van der Waals surface area contributed by atoms with Crippen LogP contribution in [-0.4, -0.2) is 47.7 Å². The Labute approximate surface area is 174 Å². The summed E-state index contributed by atoms with van der Waals surface area (Å²) in [6.07, 6.45) is 8.09. The fourth-order valence-corrected chi connectivity index (χ4v) is 3.61. The molecule has 0 saturated carbocycles. The van der Waals surface area contributed by atoms with Gasteiger partial charge in [-0.15, -0.1) is 0 Å². The first-order valence-electron chi connectivity index (χ1n) is 10.4. The van der Waals surface area contributed by atoms with Crippen LogP contribution in [0.5, 0.6) is 11.5 Å². The van der Waals surface area contributed by atoms with Gasteiger partial charge in [-0.2, -0.15) is 8.42 Å². The van der Waals surface area contributed by atoms with Gasteiger partial charge in [-0.25, -0.2) is 0 Å². The second kappa shape index (κ2) is 12.7. The van der Waals surface area contributed by atoms with E-state index in [2.05, 4.69) is 25.7 Å². The van der Waals surface area contributed by atoms with Crippen molar-refractivity contribution in [3.8, 4) is 11.5 Å². The Hall–Kier alpha value is -1.83. The molecular weight excluding hydrogens is 390 g/mol. The standard InChI is InChI=1S/C12H27N.C10H8O5S/c1-4-7-10-13(11-8-5-2)12-9-6-3;11-8-5-9(16(13,14)15)10(12)7-4-2-1-3-6(7)8/h4-12H2,1-3H3;1-5,11-12H,(H,13,14,15). The van der Waals surface area contributed by atoms with Crippen LogP contribution in [0.25, 0.3) is 10.8 Å². The molecule has 0 bridgehead atoms. The third kappa shape index (κ3) is 8.20. The number of nitrogens with zero attached hydrogens (tertiary/aromatic N) is 1. The lowest BCUT2D eigenvalue weighted by atomic mass is 10.1. The molecule has 0 amide bonds. The Morgan fingerprint density at radius 3 is 1.69 bits per heavy atom. The normalized spacial score (nSPS) is 11.5. The molecular formula is C22H35NO5S. The Morgan fingerprint density at radius 1 is 0.828 bits per heavy atom. The summed E-state index contributed by atoms with van der Waals surface area (Å²) in [5.41, 5.74) is 0. The minimum atomic E-state index is -4.56. The second-order valence-electron chi connectivity index (χ2n) is 7.17. The monoisotopic (exact) mass is 425 g/mol. The fourth-order valence-electron chi connectivity index (χ4n) is 2.99. The zero-order valence-corrected chi connectivity index (χ0v) is 18.6. The Bertz CT molecular complexity index is 833. The lowest BCUT2D eigenvalue weighted by molar-refractivity contribution is 0.261. The fraction of sp³-hybridized carbons (Fsp3) is 0.545. The van der Waals surface area contributed by atoms with Gasteiger partial charge < -0.3 is 15.1 Å². The van der Waals surface area contributed by atoms with E-state index in [0.29, 0.717) is 5.39 Å². The lowest BCUT2D eigenvalue weighted by Crippen LogP contribution is -2.27. The Kier molecular flexibility index (Phi) is 11.0. The van der Waals surface area contributed by atoms with Gasteiger partial charge in [0, 0.05) is 16.8 Å². The van der Waals surface area contributed by atoms with Crippen LogP contribution in [0.2, 0.25) is 0 Å². The average molecular weight is 426 g/mol. The number of phenolic OH excluding ortho intramolecular Hbond substituents is 2. The summed E-state index contributed by atoms with van der Waals surface area (Å²) < 4.78 is 30.7.